The van der Waals surface area contributed by atoms with Gasteiger partial charge < -0.3 is 5.32 Å². The maximum atomic E-state index is 3.68. The van der Waals surface area contributed by atoms with Gasteiger partial charge in [0.05, 0.1) is 2.88 Å². The van der Waals surface area contributed by atoms with Crippen LogP contribution in [0.15, 0.2) is 29.6 Å². The highest BCUT2D eigenvalue weighted by atomic mass is 127. The Balaban J connectivity index is 2.16. The van der Waals surface area contributed by atoms with E-state index in [4.69, 9.17) is 0 Å². The van der Waals surface area contributed by atoms with Crippen molar-refractivity contribution in [2.45, 2.75) is 39.7 Å². The molecule has 1 nitrogen and oxygen atoms in total. The molecule has 0 saturated heterocycles. The number of halogens is 1. The summed E-state index contributed by atoms with van der Waals surface area (Å²) in [6.07, 6.45) is 2.23. The molecule has 0 bridgehead atoms. The van der Waals surface area contributed by atoms with E-state index < -0.39 is 0 Å². The van der Waals surface area contributed by atoms with Gasteiger partial charge in [0, 0.05) is 6.04 Å². The Morgan fingerprint density at radius 1 is 1.20 bits per heavy atom. The SMILES string of the molecule is CCCNC(Cc1ccc(C)c(C)c1)c1csc(I)c1. The summed E-state index contributed by atoms with van der Waals surface area (Å²) in [5.74, 6) is 0. The summed E-state index contributed by atoms with van der Waals surface area (Å²) in [5.41, 5.74) is 5.60. The van der Waals surface area contributed by atoms with E-state index in [-0.39, 0.29) is 0 Å². The van der Waals surface area contributed by atoms with E-state index in [1.807, 2.05) is 11.3 Å². The van der Waals surface area contributed by atoms with Crippen molar-refractivity contribution in [3.8, 4) is 0 Å². The average Bonchev–Trinajstić information content (AvgIpc) is 2.85. The summed E-state index contributed by atoms with van der Waals surface area (Å²) >= 11 is 4.23. The Morgan fingerprint density at radius 3 is 2.60 bits per heavy atom. The van der Waals surface area contributed by atoms with Crippen LogP contribution in [-0.4, -0.2) is 6.54 Å². The number of benzene rings is 1. The fraction of sp³-hybridized carbons (Fsp3) is 0.412. The Labute approximate surface area is 139 Å². The largest absolute Gasteiger partial charge is 0.310 e. The minimum absolute atomic E-state index is 0.428. The minimum Gasteiger partial charge on any atom is -0.310 e. The molecule has 1 aromatic carbocycles. The van der Waals surface area contributed by atoms with Crippen molar-refractivity contribution in [3.05, 3.63) is 54.8 Å². The Morgan fingerprint density at radius 2 is 2.00 bits per heavy atom. The third-order valence-electron chi connectivity index (χ3n) is 3.64. The molecule has 0 spiro atoms. The van der Waals surface area contributed by atoms with Crippen LogP contribution in [0.3, 0.4) is 0 Å². The number of nitrogens with one attached hydrogen (secondary N) is 1. The molecule has 0 radical (unpaired) electrons. The molecule has 108 valence electrons. The van der Waals surface area contributed by atoms with Crippen LogP contribution in [-0.2, 0) is 6.42 Å². The van der Waals surface area contributed by atoms with Gasteiger partial charge in [-0.3, -0.25) is 0 Å². The zero-order chi connectivity index (χ0) is 14.5. The lowest BCUT2D eigenvalue weighted by molar-refractivity contribution is 0.530. The number of hydrogen-bond acceptors (Lipinski definition) is 2. The van der Waals surface area contributed by atoms with E-state index in [2.05, 4.69) is 78.3 Å². The molecule has 1 atom stereocenters. The molecule has 0 saturated carbocycles. The zero-order valence-corrected chi connectivity index (χ0v) is 15.3. The van der Waals surface area contributed by atoms with Crippen LogP contribution in [0.1, 0.15) is 41.6 Å². The molecule has 0 aliphatic rings. The first-order valence-corrected chi connectivity index (χ1v) is 9.09. The van der Waals surface area contributed by atoms with E-state index in [0.29, 0.717) is 6.04 Å². The standard InChI is InChI=1S/C17H22INS/c1-4-7-19-16(15-10-17(18)20-11-15)9-14-6-5-12(2)13(3)8-14/h5-6,8,10-11,16,19H,4,7,9H2,1-3H3. The lowest BCUT2D eigenvalue weighted by atomic mass is 9.98. The van der Waals surface area contributed by atoms with Gasteiger partial charge in [0.25, 0.3) is 0 Å². The fourth-order valence-electron chi connectivity index (χ4n) is 2.30. The second-order valence-electron chi connectivity index (χ2n) is 5.31. The van der Waals surface area contributed by atoms with Gasteiger partial charge in [-0.2, -0.15) is 0 Å². The maximum absolute atomic E-state index is 3.68. The molecule has 2 rings (SSSR count). The van der Waals surface area contributed by atoms with Crippen LogP contribution in [0.2, 0.25) is 0 Å². The lowest BCUT2D eigenvalue weighted by Crippen LogP contribution is -2.23. The molecule has 0 fully saturated rings. The van der Waals surface area contributed by atoms with E-state index in [1.54, 1.807) is 0 Å². The third-order valence-corrected chi connectivity index (χ3v) is 5.45. The van der Waals surface area contributed by atoms with Crippen molar-refractivity contribution in [1.29, 1.82) is 0 Å². The Kier molecular flexibility index (Phi) is 6.05. The highest BCUT2D eigenvalue weighted by molar-refractivity contribution is 14.1. The van der Waals surface area contributed by atoms with E-state index in [1.165, 1.54) is 31.6 Å². The normalized spacial score (nSPS) is 12.6. The predicted octanol–water partition coefficient (Wildman–Crippen LogP) is 5.25. The minimum atomic E-state index is 0.428. The second-order valence-corrected chi connectivity index (χ2v) is 8.12. The molecule has 3 heteroatoms. The molecule has 2 aromatic rings. The first-order chi connectivity index (χ1) is 9.60. The number of hydrogen-bond donors (Lipinski definition) is 1. The molecule has 1 heterocycles. The highest BCUT2D eigenvalue weighted by Gasteiger charge is 2.13. The van der Waals surface area contributed by atoms with Crippen molar-refractivity contribution in [2.75, 3.05) is 6.54 Å². The summed E-state index contributed by atoms with van der Waals surface area (Å²) in [4.78, 5) is 0. The molecule has 0 amide bonds. The number of rotatable bonds is 6. The first kappa shape index (κ1) is 16.0. The van der Waals surface area contributed by atoms with E-state index in [0.717, 1.165) is 13.0 Å². The van der Waals surface area contributed by atoms with Crippen LogP contribution in [0.5, 0.6) is 0 Å². The number of aryl methyl sites for hydroxylation is 2. The summed E-state index contributed by atoms with van der Waals surface area (Å²) in [6.45, 7) is 7.66. The van der Waals surface area contributed by atoms with Gasteiger partial charge in [0.15, 0.2) is 0 Å². The molecular formula is C17H22INS. The highest BCUT2D eigenvalue weighted by Crippen LogP contribution is 2.25. The topological polar surface area (TPSA) is 12.0 Å². The first-order valence-electron chi connectivity index (χ1n) is 7.13. The molecule has 1 N–H and O–H groups in total. The molecule has 20 heavy (non-hydrogen) atoms. The summed E-state index contributed by atoms with van der Waals surface area (Å²) in [6, 6.07) is 9.56. The summed E-state index contributed by atoms with van der Waals surface area (Å²) < 4.78 is 1.36. The number of thiophene rings is 1. The van der Waals surface area contributed by atoms with Crippen LogP contribution >= 0.6 is 33.9 Å². The Hall–Kier alpha value is -0.390. The van der Waals surface area contributed by atoms with Gasteiger partial charge in [-0.25, -0.2) is 0 Å². The van der Waals surface area contributed by atoms with Gasteiger partial charge in [-0.05, 0) is 89.5 Å². The zero-order valence-electron chi connectivity index (χ0n) is 12.4. The van der Waals surface area contributed by atoms with Gasteiger partial charge in [-0.1, -0.05) is 25.1 Å². The van der Waals surface area contributed by atoms with Gasteiger partial charge in [-0.15, -0.1) is 11.3 Å². The smallest absolute Gasteiger partial charge is 0.0656 e. The van der Waals surface area contributed by atoms with Crippen molar-refractivity contribution >= 4 is 33.9 Å². The van der Waals surface area contributed by atoms with Crippen LogP contribution in [0.4, 0.5) is 0 Å². The van der Waals surface area contributed by atoms with Gasteiger partial charge >= 0.3 is 0 Å². The van der Waals surface area contributed by atoms with Gasteiger partial charge in [0.1, 0.15) is 0 Å². The third kappa shape index (κ3) is 4.30. The van der Waals surface area contributed by atoms with Crippen LogP contribution < -0.4 is 5.32 Å². The van der Waals surface area contributed by atoms with E-state index in [9.17, 15) is 0 Å². The second kappa shape index (κ2) is 7.57. The average molecular weight is 399 g/mol. The lowest BCUT2D eigenvalue weighted by Gasteiger charge is -2.18. The summed E-state index contributed by atoms with van der Waals surface area (Å²) in [5, 5.41) is 5.97. The maximum Gasteiger partial charge on any atom is 0.0656 e. The fourth-order valence-corrected chi connectivity index (χ4v) is 3.72. The monoisotopic (exact) mass is 399 g/mol. The molecule has 0 aliphatic carbocycles. The molecule has 0 aliphatic heterocycles. The molecular weight excluding hydrogens is 377 g/mol. The van der Waals surface area contributed by atoms with Gasteiger partial charge in [0.2, 0.25) is 0 Å². The predicted molar refractivity (Wildman–Crippen MR) is 97.7 cm³/mol. The molecule has 1 aromatic heterocycles. The molecule has 1 unspecified atom stereocenters. The van der Waals surface area contributed by atoms with Crippen molar-refractivity contribution in [2.24, 2.45) is 0 Å². The summed E-state index contributed by atoms with van der Waals surface area (Å²) in [7, 11) is 0. The van der Waals surface area contributed by atoms with E-state index >= 15 is 0 Å². The van der Waals surface area contributed by atoms with Crippen LogP contribution in [0, 0.1) is 16.7 Å². The van der Waals surface area contributed by atoms with Crippen molar-refractivity contribution in [1.82, 2.24) is 5.32 Å². The van der Waals surface area contributed by atoms with Crippen molar-refractivity contribution < 1.29 is 0 Å². The van der Waals surface area contributed by atoms with Crippen LogP contribution in [0.25, 0.3) is 0 Å². The Bertz CT molecular complexity index is 562. The van der Waals surface area contributed by atoms with Crippen molar-refractivity contribution in [3.63, 3.8) is 0 Å². The quantitative estimate of drug-likeness (QED) is 0.654.